The number of carbonyl (C=O) groups excluding carboxylic acids is 3. The Labute approximate surface area is 172 Å². The van der Waals surface area contributed by atoms with Crippen molar-refractivity contribution in [1.82, 2.24) is 10.6 Å². The van der Waals surface area contributed by atoms with Gasteiger partial charge in [0.2, 0.25) is 0 Å². The quantitative estimate of drug-likeness (QED) is 0.708. The van der Waals surface area contributed by atoms with Crippen molar-refractivity contribution in [2.24, 2.45) is 0 Å². The third kappa shape index (κ3) is 7.75. The van der Waals surface area contributed by atoms with Crippen LogP contribution in [0.4, 0.5) is 4.79 Å². The van der Waals surface area contributed by atoms with Crippen LogP contribution in [0.5, 0.6) is 5.75 Å². The molecule has 3 amide bonds. The summed E-state index contributed by atoms with van der Waals surface area (Å²) in [5.41, 5.74) is 1.19. The van der Waals surface area contributed by atoms with Crippen molar-refractivity contribution in [2.45, 2.75) is 77.4 Å². The van der Waals surface area contributed by atoms with Crippen LogP contribution < -0.4 is 15.4 Å². The van der Waals surface area contributed by atoms with E-state index in [0.29, 0.717) is 5.75 Å². The molecule has 1 saturated carbocycles. The number of urea groups is 1. The summed E-state index contributed by atoms with van der Waals surface area (Å²) in [4.78, 5) is 35.9. The van der Waals surface area contributed by atoms with Gasteiger partial charge in [-0.25, -0.2) is 9.59 Å². The molecule has 1 aliphatic rings. The first-order valence-corrected chi connectivity index (χ1v) is 10.2. The van der Waals surface area contributed by atoms with Crippen LogP contribution in [-0.2, 0) is 19.7 Å². The third-order valence-corrected chi connectivity index (χ3v) is 4.93. The molecular formula is C22H32N2O5. The fourth-order valence-corrected chi connectivity index (χ4v) is 3.16. The first kappa shape index (κ1) is 22.7. The number of nitrogens with one attached hydrogen (secondary N) is 2. The van der Waals surface area contributed by atoms with Gasteiger partial charge in [0, 0.05) is 6.04 Å². The van der Waals surface area contributed by atoms with E-state index in [0.717, 1.165) is 31.2 Å². The molecule has 1 aromatic rings. The van der Waals surface area contributed by atoms with E-state index in [9.17, 15) is 14.4 Å². The van der Waals surface area contributed by atoms with E-state index in [4.69, 9.17) is 9.47 Å². The van der Waals surface area contributed by atoms with Gasteiger partial charge in [-0.2, -0.15) is 0 Å². The second kappa shape index (κ2) is 10.3. The molecule has 1 aliphatic carbocycles. The molecule has 2 N–H and O–H groups in total. The van der Waals surface area contributed by atoms with E-state index in [1.165, 1.54) is 13.3 Å². The number of rotatable bonds is 6. The normalized spacial score (nSPS) is 15.9. The number of benzene rings is 1. The lowest BCUT2D eigenvalue weighted by Gasteiger charge is -2.23. The molecule has 7 heteroatoms. The van der Waals surface area contributed by atoms with Crippen molar-refractivity contribution in [2.75, 3.05) is 6.61 Å². The zero-order valence-electron chi connectivity index (χ0n) is 17.7. The van der Waals surface area contributed by atoms with Gasteiger partial charge in [-0.05, 0) is 42.9 Å². The fourth-order valence-electron chi connectivity index (χ4n) is 3.16. The monoisotopic (exact) mass is 404 g/mol. The summed E-state index contributed by atoms with van der Waals surface area (Å²) >= 11 is 0. The van der Waals surface area contributed by atoms with E-state index in [1.807, 2.05) is 12.1 Å². The molecular weight excluding hydrogens is 372 g/mol. The molecule has 0 saturated heterocycles. The number of esters is 1. The summed E-state index contributed by atoms with van der Waals surface area (Å²) < 4.78 is 10.5. The largest absolute Gasteiger partial charge is 0.482 e. The highest BCUT2D eigenvalue weighted by Crippen LogP contribution is 2.24. The first-order chi connectivity index (χ1) is 13.6. The maximum absolute atomic E-state index is 12.0. The minimum Gasteiger partial charge on any atom is -0.482 e. The molecule has 160 valence electrons. The number of imide groups is 1. The van der Waals surface area contributed by atoms with Crippen molar-refractivity contribution in [3.8, 4) is 5.75 Å². The Morgan fingerprint density at radius 3 is 2.28 bits per heavy atom. The Hall–Kier alpha value is -2.57. The fraction of sp³-hybridized carbons (Fsp3) is 0.591. The van der Waals surface area contributed by atoms with Gasteiger partial charge in [-0.1, -0.05) is 52.2 Å². The van der Waals surface area contributed by atoms with Crippen LogP contribution in [0, 0.1) is 0 Å². The van der Waals surface area contributed by atoms with Crippen LogP contribution in [0.2, 0.25) is 0 Å². The Balaban J connectivity index is 1.71. The second-order valence-corrected chi connectivity index (χ2v) is 8.49. The van der Waals surface area contributed by atoms with E-state index in [1.54, 1.807) is 12.1 Å². The smallest absolute Gasteiger partial charge is 0.344 e. The predicted molar refractivity (Wildman–Crippen MR) is 110 cm³/mol. The molecule has 0 unspecified atom stereocenters. The number of carbonyl (C=O) groups is 3. The zero-order valence-corrected chi connectivity index (χ0v) is 17.7. The zero-order chi connectivity index (χ0) is 21.4. The van der Waals surface area contributed by atoms with Crippen molar-refractivity contribution < 1.29 is 23.9 Å². The molecule has 0 radical (unpaired) electrons. The van der Waals surface area contributed by atoms with Crippen LogP contribution in [0.3, 0.4) is 0 Å². The maximum atomic E-state index is 12.0. The molecule has 29 heavy (non-hydrogen) atoms. The van der Waals surface area contributed by atoms with Gasteiger partial charge >= 0.3 is 12.0 Å². The highest BCUT2D eigenvalue weighted by atomic mass is 16.6. The lowest BCUT2D eigenvalue weighted by molar-refractivity contribution is -0.156. The van der Waals surface area contributed by atoms with Crippen LogP contribution >= 0.6 is 0 Å². The van der Waals surface area contributed by atoms with Gasteiger partial charge < -0.3 is 14.8 Å². The van der Waals surface area contributed by atoms with Crippen molar-refractivity contribution >= 4 is 17.9 Å². The SMILES string of the molecule is C[C@H](OC(=O)COc1ccc(C(C)(C)C)cc1)C(=O)NC(=O)NC1CCCCC1. The Morgan fingerprint density at radius 2 is 1.69 bits per heavy atom. The number of amides is 3. The average molecular weight is 405 g/mol. The molecule has 0 spiro atoms. The maximum Gasteiger partial charge on any atom is 0.344 e. The minimum atomic E-state index is -1.09. The number of hydrogen-bond acceptors (Lipinski definition) is 5. The van der Waals surface area contributed by atoms with Crippen LogP contribution in [-0.4, -0.2) is 36.7 Å². The summed E-state index contributed by atoms with van der Waals surface area (Å²) in [5.74, 6) is -0.805. The van der Waals surface area contributed by atoms with Gasteiger partial charge in [-0.3, -0.25) is 10.1 Å². The van der Waals surface area contributed by atoms with E-state index >= 15 is 0 Å². The topological polar surface area (TPSA) is 93.7 Å². The van der Waals surface area contributed by atoms with Crippen molar-refractivity contribution in [1.29, 1.82) is 0 Å². The molecule has 1 fully saturated rings. The lowest BCUT2D eigenvalue weighted by Crippen LogP contribution is -2.48. The standard InChI is InChI=1S/C22H32N2O5/c1-15(20(26)24-21(27)23-17-8-6-5-7-9-17)29-19(25)14-28-18-12-10-16(11-13-18)22(2,3)4/h10-13,15,17H,5-9,14H2,1-4H3,(H2,23,24,26,27)/t15-/m0/s1. The molecule has 0 aliphatic heterocycles. The second-order valence-electron chi connectivity index (χ2n) is 8.49. The summed E-state index contributed by atoms with van der Waals surface area (Å²) in [6.45, 7) is 7.44. The Bertz CT molecular complexity index is 703. The van der Waals surface area contributed by atoms with Crippen LogP contribution in [0.25, 0.3) is 0 Å². The summed E-state index contributed by atoms with van der Waals surface area (Å²) in [6, 6.07) is 7.01. The van der Waals surface area contributed by atoms with E-state index < -0.39 is 24.0 Å². The van der Waals surface area contributed by atoms with Gasteiger partial charge in [0.1, 0.15) is 5.75 Å². The molecule has 0 aromatic heterocycles. The van der Waals surface area contributed by atoms with Crippen LogP contribution in [0.1, 0.15) is 65.4 Å². The highest BCUT2D eigenvalue weighted by molar-refractivity contribution is 5.97. The lowest BCUT2D eigenvalue weighted by atomic mass is 9.87. The first-order valence-electron chi connectivity index (χ1n) is 10.2. The third-order valence-electron chi connectivity index (χ3n) is 4.93. The summed E-state index contributed by atoms with van der Waals surface area (Å²) in [7, 11) is 0. The number of hydrogen-bond donors (Lipinski definition) is 2. The molecule has 0 heterocycles. The Kier molecular flexibility index (Phi) is 8.05. The molecule has 7 nitrogen and oxygen atoms in total. The molecule has 1 aromatic carbocycles. The average Bonchev–Trinajstić information content (AvgIpc) is 2.66. The summed E-state index contributed by atoms with van der Waals surface area (Å²) in [5, 5.41) is 5.00. The van der Waals surface area contributed by atoms with Crippen molar-refractivity contribution in [3.05, 3.63) is 29.8 Å². The molecule has 2 rings (SSSR count). The van der Waals surface area contributed by atoms with Crippen molar-refractivity contribution in [3.63, 3.8) is 0 Å². The Morgan fingerprint density at radius 1 is 1.07 bits per heavy atom. The predicted octanol–water partition coefficient (Wildman–Crippen LogP) is 3.45. The summed E-state index contributed by atoms with van der Waals surface area (Å²) in [6.07, 6.45) is 4.07. The number of ether oxygens (including phenoxy) is 2. The van der Waals surface area contributed by atoms with Gasteiger partial charge in [-0.15, -0.1) is 0 Å². The highest BCUT2D eigenvalue weighted by Gasteiger charge is 2.22. The minimum absolute atomic E-state index is 0.0313. The molecule has 0 bridgehead atoms. The molecule has 1 atom stereocenters. The van der Waals surface area contributed by atoms with Gasteiger partial charge in [0.15, 0.2) is 12.7 Å². The van der Waals surface area contributed by atoms with E-state index in [2.05, 4.69) is 31.4 Å². The van der Waals surface area contributed by atoms with Gasteiger partial charge in [0.25, 0.3) is 5.91 Å². The van der Waals surface area contributed by atoms with Gasteiger partial charge in [0.05, 0.1) is 0 Å². The van der Waals surface area contributed by atoms with E-state index in [-0.39, 0.29) is 18.1 Å². The van der Waals surface area contributed by atoms with Crippen LogP contribution in [0.15, 0.2) is 24.3 Å².